The third kappa shape index (κ3) is 2.04. The lowest BCUT2D eigenvalue weighted by molar-refractivity contribution is 0.133. The van der Waals surface area contributed by atoms with Gasteiger partial charge in [-0.2, -0.15) is 0 Å². The van der Waals surface area contributed by atoms with Crippen molar-refractivity contribution in [3.63, 3.8) is 0 Å². The molecule has 18 heavy (non-hydrogen) atoms. The first-order valence-corrected chi connectivity index (χ1v) is 6.97. The van der Waals surface area contributed by atoms with Crippen molar-refractivity contribution in [3.05, 3.63) is 34.5 Å². The number of aliphatic hydroxyl groups is 1. The number of halogens is 1. The van der Waals surface area contributed by atoms with E-state index in [4.69, 9.17) is 11.6 Å². The van der Waals surface area contributed by atoms with Crippen LogP contribution in [-0.4, -0.2) is 16.2 Å². The van der Waals surface area contributed by atoms with Crippen LogP contribution in [0.4, 0.5) is 0 Å². The number of fused-ring (bicyclic) bond motifs is 1. The number of hydrogen-bond acceptors (Lipinski definition) is 1. The Morgan fingerprint density at radius 3 is 2.94 bits per heavy atom. The molecule has 1 aliphatic carbocycles. The van der Waals surface area contributed by atoms with Crippen LogP contribution in [0.5, 0.6) is 0 Å². The van der Waals surface area contributed by atoms with Gasteiger partial charge in [0.15, 0.2) is 0 Å². The van der Waals surface area contributed by atoms with Crippen molar-refractivity contribution in [1.29, 1.82) is 0 Å². The molecule has 1 saturated carbocycles. The Morgan fingerprint density at radius 1 is 1.39 bits per heavy atom. The summed E-state index contributed by atoms with van der Waals surface area (Å²) < 4.78 is 0. The molecule has 1 aromatic heterocycles. The molecule has 0 aliphatic heterocycles. The molecule has 2 aromatic rings. The summed E-state index contributed by atoms with van der Waals surface area (Å²) >= 11 is 6.08. The fourth-order valence-corrected chi connectivity index (χ4v) is 3.31. The van der Waals surface area contributed by atoms with E-state index in [1.54, 1.807) is 0 Å². The van der Waals surface area contributed by atoms with E-state index in [1.807, 2.05) is 18.2 Å². The predicted octanol–water partition coefficient (Wildman–Crippen LogP) is 3.83. The molecule has 0 spiro atoms. The van der Waals surface area contributed by atoms with Crippen LogP contribution in [0.2, 0.25) is 5.02 Å². The molecule has 1 heterocycles. The van der Waals surface area contributed by atoms with Crippen molar-refractivity contribution in [2.24, 2.45) is 5.92 Å². The molecule has 1 aromatic carbocycles. The minimum atomic E-state index is -0.131. The van der Waals surface area contributed by atoms with Crippen LogP contribution in [0.1, 0.15) is 30.5 Å². The Hall–Kier alpha value is -0.990. The van der Waals surface area contributed by atoms with Crippen LogP contribution >= 0.6 is 11.6 Å². The fraction of sp³-hybridized carbons (Fsp3) is 0.467. The lowest BCUT2D eigenvalue weighted by Gasteiger charge is -2.14. The minimum Gasteiger partial charge on any atom is -0.393 e. The Morgan fingerprint density at radius 2 is 2.22 bits per heavy atom. The predicted molar refractivity (Wildman–Crippen MR) is 75.1 cm³/mol. The highest BCUT2D eigenvalue weighted by molar-refractivity contribution is 6.31. The van der Waals surface area contributed by atoms with Crippen molar-refractivity contribution in [2.45, 2.75) is 38.7 Å². The van der Waals surface area contributed by atoms with Crippen molar-refractivity contribution in [1.82, 2.24) is 4.98 Å². The second kappa shape index (κ2) is 4.60. The molecular formula is C15H18ClNO. The zero-order valence-corrected chi connectivity index (χ0v) is 11.3. The number of aryl methyl sites for hydroxylation is 1. The van der Waals surface area contributed by atoms with Gasteiger partial charge in [-0.3, -0.25) is 0 Å². The molecule has 1 fully saturated rings. The Labute approximate surface area is 112 Å². The van der Waals surface area contributed by atoms with Crippen LogP contribution in [0, 0.1) is 12.8 Å². The molecule has 1 aliphatic rings. The molecule has 0 saturated heterocycles. The standard InChI is InChI=1S/C15H18ClNO/c1-9-12(7-10-3-2-4-15(10)18)13-8-11(16)5-6-14(13)17-9/h5-6,8,10,15,17-18H,2-4,7H2,1H3. The van der Waals surface area contributed by atoms with Gasteiger partial charge in [0.05, 0.1) is 6.10 Å². The van der Waals surface area contributed by atoms with Gasteiger partial charge in [0.25, 0.3) is 0 Å². The van der Waals surface area contributed by atoms with Crippen molar-refractivity contribution >= 4 is 22.5 Å². The van der Waals surface area contributed by atoms with E-state index in [9.17, 15) is 5.11 Å². The SMILES string of the molecule is Cc1[nH]c2ccc(Cl)cc2c1CC1CCCC1O. The Bertz CT molecular complexity index is 575. The zero-order valence-electron chi connectivity index (χ0n) is 10.5. The molecule has 2 N–H and O–H groups in total. The molecule has 0 bridgehead atoms. The van der Waals surface area contributed by atoms with Gasteiger partial charge in [-0.05, 0) is 55.9 Å². The molecular weight excluding hydrogens is 246 g/mol. The summed E-state index contributed by atoms with van der Waals surface area (Å²) in [5.41, 5.74) is 3.66. The maximum atomic E-state index is 9.97. The first-order chi connectivity index (χ1) is 8.65. The average Bonchev–Trinajstić information content (AvgIpc) is 2.86. The summed E-state index contributed by atoms with van der Waals surface area (Å²) in [5, 5.41) is 11.9. The van der Waals surface area contributed by atoms with Gasteiger partial charge in [0, 0.05) is 21.6 Å². The largest absolute Gasteiger partial charge is 0.393 e. The van der Waals surface area contributed by atoms with Gasteiger partial charge in [0.1, 0.15) is 0 Å². The first-order valence-electron chi connectivity index (χ1n) is 6.60. The van der Waals surface area contributed by atoms with E-state index in [0.717, 1.165) is 36.2 Å². The number of H-pyrrole nitrogens is 1. The number of aliphatic hydroxyl groups excluding tert-OH is 1. The van der Waals surface area contributed by atoms with E-state index < -0.39 is 0 Å². The number of aromatic nitrogens is 1. The van der Waals surface area contributed by atoms with Crippen LogP contribution in [0.25, 0.3) is 10.9 Å². The number of aromatic amines is 1. The number of hydrogen-bond donors (Lipinski definition) is 2. The monoisotopic (exact) mass is 263 g/mol. The minimum absolute atomic E-state index is 0.131. The van der Waals surface area contributed by atoms with Crippen molar-refractivity contribution in [3.8, 4) is 0 Å². The van der Waals surface area contributed by atoms with Crippen molar-refractivity contribution < 1.29 is 5.11 Å². The smallest absolute Gasteiger partial charge is 0.0571 e. The van der Waals surface area contributed by atoms with Crippen molar-refractivity contribution in [2.75, 3.05) is 0 Å². The quantitative estimate of drug-likeness (QED) is 0.849. The topological polar surface area (TPSA) is 36.0 Å². The van der Waals surface area contributed by atoms with E-state index in [1.165, 1.54) is 16.6 Å². The van der Waals surface area contributed by atoms with Crippen LogP contribution in [0.3, 0.4) is 0 Å². The molecule has 2 unspecified atom stereocenters. The second-order valence-electron chi connectivity index (χ2n) is 5.38. The Balaban J connectivity index is 1.99. The third-order valence-corrected chi connectivity index (χ3v) is 4.40. The van der Waals surface area contributed by atoms with E-state index in [2.05, 4.69) is 11.9 Å². The highest BCUT2D eigenvalue weighted by Crippen LogP contribution is 2.33. The molecule has 2 atom stereocenters. The number of nitrogens with one attached hydrogen (secondary N) is 1. The summed E-state index contributed by atoms with van der Waals surface area (Å²) in [4.78, 5) is 3.40. The molecule has 3 rings (SSSR count). The number of rotatable bonds is 2. The Kier molecular flexibility index (Phi) is 3.08. The highest BCUT2D eigenvalue weighted by atomic mass is 35.5. The lowest BCUT2D eigenvalue weighted by Crippen LogP contribution is -2.15. The summed E-state index contributed by atoms with van der Waals surface area (Å²) in [5.74, 6) is 0.404. The number of benzene rings is 1. The van der Waals surface area contributed by atoms with Gasteiger partial charge < -0.3 is 10.1 Å². The lowest BCUT2D eigenvalue weighted by atomic mass is 9.94. The normalized spacial score (nSPS) is 23.9. The van der Waals surface area contributed by atoms with Gasteiger partial charge in [-0.25, -0.2) is 0 Å². The van der Waals surface area contributed by atoms with E-state index in [0.29, 0.717) is 5.92 Å². The van der Waals surface area contributed by atoms with Crippen LogP contribution < -0.4 is 0 Å². The third-order valence-electron chi connectivity index (χ3n) is 4.17. The second-order valence-corrected chi connectivity index (χ2v) is 5.82. The van der Waals surface area contributed by atoms with Gasteiger partial charge >= 0.3 is 0 Å². The summed E-state index contributed by atoms with van der Waals surface area (Å²) in [7, 11) is 0. The summed E-state index contributed by atoms with van der Waals surface area (Å²) in [6, 6.07) is 5.96. The summed E-state index contributed by atoms with van der Waals surface area (Å²) in [6.45, 7) is 2.10. The first kappa shape index (κ1) is 12.1. The highest BCUT2D eigenvalue weighted by Gasteiger charge is 2.26. The van der Waals surface area contributed by atoms with E-state index in [-0.39, 0.29) is 6.10 Å². The maximum absolute atomic E-state index is 9.97. The van der Waals surface area contributed by atoms with Gasteiger partial charge in [-0.1, -0.05) is 18.0 Å². The summed E-state index contributed by atoms with van der Waals surface area (Å²) in [6.07, 6.45) is 4.05. The van der Waals surface area contributed by atoms with Crippen LogP contribution in [-0.2, 0) is 6.42 Å². The van der Waals surface area contributed by atoms with Gasteiger partial charge in [0.2, 0.25) is 0 Å². The molecule has 96 valence electrons. The van der Waals surface area contributed by atoms with E-state index >= 15 is 0 Å². The zero-order chi connectivity index (χ0) is 12.7. The average molecular weight is 264 g/mol. The molecule has 3 heteroatoms. The van der Waals surface area contributed by atoms with Gasteiger partial charge in [-0.15, -0.1) is 0 Å². The molecule has 0 amide bonds. The fourth-order valence-electron chi connectivity index (χ4n) is 3.14. The molecule has 0 radical (unpaired) electrons. The molecule has 2 nitrogen and oxygen atoms in total. The maximum Gasteiger partial charge on any atom is 0.0571 e. The van der Waals surface area contributed by atoms with Crippen LogP contribution in [0.15, 0.2) is 18.2 Å².